The molecule has 2 aromatic carbocycles. The van der Waals surface area contributed by atoms with Crippen molar-refractivity contribution in [3.8, 4) is 0 Å². The van der Waals surface area contributed by atoms with Crippen LogP contribution in [-0.2, 0) is 67.8 Å². The second kappa shape index (κ2) is 31.7. The molecule has 0 amide bonds. The van der Waals surface area contributed by atoms with Gasteiger partial charge >= 0.3 is 18.1 Å². The number of hydrogen-bond acceptors (Lipinski definition) is 15. The van der Waals surface area contributed by atoms with Gasteiger partial charge in [-0.2, -0.15) is 13.2 Å². The molecule has 1 N–H and O–H groups in total. The zero-order valence-corrected chi connectivity index (χ0v) is 31.3. The van der Waals surface area contributed by atoms with Crippen LogP contribution in [0.5, 0.6) is 0 Å². The fraction of sp³-hybridized carbons (Fsp3) is 0.622. The van der Waals surface area contributed by atoms with Crippen molar-refractivity contribution in [3.63, 3.8) is 0 Å². The minimum atomic E-state index is -4.48. The number of halogens is 3. The average molecular weight is 794 g/mol. The highest BCUT2D eigenvalue weighted by molar-refractivity contribution is 5.96. The molecule has 0 saturated heterocycles. The van der Waals surface area contributed by atoms with E-state index in [0.717, 1.165) is 12.1 Å². The van der Waals surface area contributed by atoms with Crippen molar-refractivity contribution in [2.45, 2.75) is 6.18 Å². The van der Waals surface area contributed by atoms with E-state index in [9.17, 15) is 22.8 Å². The fourth-order valence-corrected chi connectivity index (χ4v) is 4.16. The van der Waals surface area contributed by atoms with Crippen molar-refractivity contribution in [2.75, 3.05) is 151 Å². The van der Waals surface area contributed by atoms with Crippen molar-refractivity contribution in [3.05, 3.63) is 59.7 Å². The lowest BCUT2D eigenvalue weighted by Gasteiger charge is -2.13. The van der Waals surface area contributed by atoms with Gasteiger partial charge in [0.1, 0.15) is 13.2 Å². The van der Waals surface area contributed by atoms with Gasteiger partial charge in [0.25, 0.3) is 0 Å². The Kier molecular flexibility index (Phi) is 27.5. The van der Waals surface area contributed by atoms with E-state index in [1.54, 1.807) is 18.2 Å². The molecule has 0 aliphatic heterocycles. The SMILES string of the molecule is COC(=O)COCCOCCOCCOCCOCCOCCOCCOCCOCCOCCOC(=O)c1ccccc1Nc1cccc(C(F)(F)F)c1. The zero-order valence-electron chi connectivity index (χ0n) is 31.3. The molecule has 0 bridgehead atoms. The van der Waals surface area contributed by atoms with Crippen LogP contribution < -0.4 is 5.32 Å². The van der Waals surface area contributed by atoms with Crippen LogP contribution in [0.3, 0.4) is 0 Å². The summed E-state index contributed by atoms with van der Waals surface area (Å²) in [4.78, 5) is 23.5. The van der Waals surface area contributed by atoms with E-state index in [1.807, 2.05) is 0 Å². The van der Waals surface area contributed by atoms with Crippen LogP contribution in [-0.4, -0.2) is 158 Å². The van der Waals surface area contributed by atoms with Crippen LogP contribution >= 0.6 is 0 Å². The Labute approximate surface area is 319 Å². The fourth-order valence-electron chi connectivity index (χ4n) is 4.16. The van der Waals surface area contributed by atoms with Gasteiger partial charge in [-0.3, -0.25) is 0 Å². The highest BCUT2D eigenvalue weighted by atomic mass is 19.4. The summed E-state index contributed by atoms with van der Waals surface area (Å²) in [6.07, 6.45) is -4.48. The van der Waals surface area contributed by atoms with Gasteiger partial charge in [0.05, 0.1) is 149 Å². The molecule has 2 rings (SSSR count). The van der Waals surface area contributed by atoms with E-state index in [-0.39, 0.29) is 31.1 Å². The van der Waals surface area contributed by atoms with E-state index >= 15 is 0 Å². The average Bonchev–Trinajstić information content (AvgIpc) is 3.18. The van der Waals surface area contributed by atoms with Gasteiger partial charge in [0.15, 0.2) is 0 Å². The minimum Gasteiger partial charge on any atom is -0.467 e. The van der Waals surface area contributed by atoms with Crippen molar-refractivity contribution < 1.29 is 79.6 Å². The van der Waals surface area contributed by atoms with Crippen molar-refractivity contribution in [2.24, 2.45) is 0 Å². The zero-order chi connectivity index (χ0) is 39.7. The normalized spacial score (nSPS) is 11.5. The van der Waals surface area contributed by atoms with Gasteiger partial charge in [0.2, 0.25) is 0 Å². The molecule has 0 aliphatic carbocycles. The molecule has 15 nitrogen and oxygen atoms in total. The summed E-state index contributed by atoms with van der Waals surface area (Å²) in [7, 11) is 1.30. The summed E-state index contributed by atoms with van der Waals surface area (Å²) >= 11 is 0. The van der Waals surface area contributed by atoms with Crippen molar-refractivity contribution in [1.29, 1.82) is 0 Å². The van der Waals surface area contributed by atoms with Crippen LogP contribution in [0.15, 0.2) is 48.5 Å². The molecule has 18 heteroatoms. The molecule has 312 valence electrons. The largest absolute Gasteiger partial charge is 0.467 e. The molecule has 0 fully saturated rings. The highest BCUT2D eigenvalue weighted by Gasteiger charge is 2.30. The number of ether oxygens (including phenoxy) is 12. The highest BCUT2D eigenvalue weighted by Crippen LogP contribution is 2.32. The third-order valence-electron chi connectivity index (χ3n) is 6.87. The lowest BCUT2D eigenvalue weighted by molar-refractivity contribution is -0.146. The quantitative estimate of drug-likeness (QED) is 0.0790. The summed E-state index contributed by atoms with van der Waals surface area (Å²) in [5.41, 5.74) is -0.109. The maximum atomic E-state index is 13.0. The number of anilines is 2. The second-order valence-electron chi connectivity index (χ2n) is 11.0. The molecule has 0 atom stereocenters. The summed E-state index contributed by atoms with van der Waals surface area (Å²) in [5.74, 6) is -1.06. The number of esters is 2. The number of methoxy groups -OCH3 is 1. The van der Waals surface area contributed by atoms with Crippen LogP contribution in [0.4, 0.5) is 24.5 Å². The Hall–Kier alpha value is -3.43. The predicted octanol–water partition coefficient (Wildman–Crippen LogP) is 3.94. The van der Waals surface area contributed by atoms with E-state index in [4.69, 9.17) is 52.1 Å². The third-order valence-corrected chi connectivity index (χ3v) is 6.87. The van der Waals surface area contributed by atoms with Crippen LogP contribution in [0.1, 0.15) is 15.9 Å². The molecule has 0 aliphatic rings. The monoisotopic (exact) mass is 793 g/mol. The van der Waals surface area contributed by atoms with Crippen molar-refractivity contribution in [1.82, 2.24) is 0 Å². The van der Waals surface area contributed by atoms with Gasteiger partial charge < -0.3 is 62.2 Å². The maximum absolute atomic E-state index is 13.0. The lowest BCUT2D eigenvalue weighted by atomic mass is 10.1. The number of nitrogens with one attached hydrogen (secondary N) is 1. The van der Waals surface area contributed by atoms with Gasteiger partial charge in [-0.25, -0.2) is 9.59 Å². The molecule has 0 aromatic heterocycles. The molecular formula is C37H54F3NO14. The third kappa shape index (κ3) is 25.4. The molecule has 2 aromatic rings. The van der Waals surface area contributed by atoms with E-state index in [1.165, 1.54) is 25.3 Å². The van der Waals surface area contributed by atoms with Gasteiger partial charge in [-0.1, -0.05) is 18.2 Å². The molecule has 55 heavy (non-hydrogen) atoms. The molecule has 0 heterocycles. The first-order chi connectivity index (χ1) is 26.8. The van der Waals surface area contributed by atoms with Crippen molar-refractivity contribution >= 4 is 23.3 Å². The molecule has 0 spiro atoms. The van der Waals surface area contributed by atoms with Crippen LogP contribution in [0.2, 0.25) is 0 Å². The molecule has 0 unspecified atom stereocenters. The number of alkyl halides is 3. The number of hydrogen-bond donors (Lipinski definition) is 1. The number of para-hydroxylation sites is 1. The number of carbonyl (C=O) groups excluding carboxylic acids is 2. The summed E-state index contributed by atoms with van der Waals surface area (Å²) < 4.78 is 103. The first-order valence-corrected chi connectivity index (χ1v) is 17.9. The lowest BCUT2D eigenvalue weighted by Crippen LogP contribution is -2.16. The van der Waals surface area contributed by atoms with Crippen LogP contribution in [0, 0.1) is 0 Å². The number of rotatable bonds is 35. The standard InChI is InChI=1S/C37H54F3NO14/c1-44-35(42)30-54-26-25-52-22-21-50-18-17-48-14-13-46-10-9-45-11-12-47-15-16-49-19-20-51-23-24-53-27-28-55-36(43)33-7-2-3-8-34(33)41-32-6-4-5-31(29-32)37(38,39)40/h2-8,29,41H,9-28,30H2,1H3. The van der Waals surface area contributed by atoms with Crippen LogP contribution in [0.25, 0.3) is 0 Å². The number of carbonyl (C=O) groups is 2. The Morgan fingerprint density at radius 3 is 1.35 bits per heavy atom. The predicted molar refractivity (Wildman–Crippen MR) is 192 cm³/mol. The maximum Gasteiger partial charge on any atom is 0.416 e. The van der Waals surface area contributed by atoms with Gasteiger partial charge in [0, 0.05) is 5.69 Å². The Bertz CT molecular complexity index is 1270. The molecule has 0 radical (unpaired) electrons. The van der Waals surface area contributed by atoms with Gasteiger partial charge in [-0.05, 0) is 30.3 Å². The second-order valence-corrected chi connectivity index (χ2v) is 11.0. The summed E-state index contributed by atoms with van der Waals surface area (Å²) in [6.45, 7) is 7.42. The first-order valence-electron chi connectivity index (χ1n) is 17.9. The first kappa shape index (κ1) is 47.7. The Balaban J connectivity index is 1.28. The van der Waals surface area contributed by atoms with E-state index in [0.29, 0.717) is 125 Å². The summed E-state index contributed by atoms with van der Waals surface area (Å²) in [5, 5.41) is 2.85. The van der Waals surface area contributed by atoms with E-state index in [2.05, 4.69) is 10.1 Å². The number of benzene rings is 2. The Morgan fingerprint density at radius 2 is 0.927 bits per heavy atom. The Morgan fingerprint density at radius 1 is 0.527 bits per heavy atom. The molecule has 0 saturated carbocycles. The summed E-state index contributed by atoms with van der Waals surface area (Å²) in [6, 6.07) is 11.1. The smallest absolute Gasteiger partial charge is 0.416 e. The minimum absolute atomic E-state index is 0.00790. The molecular weight excluding hydrogens is 739 g/mol. The van der Waals surface area contributed by atoms with Gasteiger partial charge in [-0.15, -0.1) is 0 Å². The topological polar surface area (TPSA) is 157 Å². The van der Waals surface area contributed by atoms with E-state index < -0.39 is 23.7 Å².